The summed E-state index contributed by atoms with van der Waals surface area (Å²) in [5.41, 5.74) is 2.34. The lowest BCUT2D eigenvalue weighted by Gasteiger charge is -2.39. The maximum atomic E-state index is 13.3. The Kier molecular flexibility index (Phi) is 3.22. The van der Waals surface area contributed by atoms with Crippen LogP contribution >= 0.6 is 0 Å². The number of amides is 2. The quantitative estimate of drug-likeness (QED) is 0.762. The largest absolute Gasteiger partial charge is 0.344 e. The first kappa shape index (κ1) is 13.8. The Balaban J connectivity index is 1.44. The second kappa shape index (κ2) is 5.39. The topological polar surface area (TPSA) is 61.0 Å². The minimum absolute atomic E-state index is 0.178. The first-order chi connectivity index (χ1) is 11.2. The number of carbonyl (C=O) groups excluding carboxylic acids is 1. The normalized spacial score (nSPS) is 14.7. The van der Waals surface area contributed by atoms with E-state index in [2.05, 4.69) is 27.4 Å². The van der Waals surface area contributed by atoms with E-state index in [1.807, 2.05) is 18.2 Å². The Morgan fingerprint density at radius 3 is 2.87 bits per heavy atom. The van der Waals surface area contributed by atoms with Crippen molar-refractivity contribution in [2.24, 2.45) is 0 Å². The smallest absolute Gasteiger partial charge is 0.321 e. The molecule has 1 aliphatic rings. The predicted molar refractivity (Wildman–Crippen MR) is 85.8 cm³/mol. The predicted octanol–water partition coefficient (Wildman–Crippen LogP) is 3.33. The molecule has 3 aromatic rings. The Morgan fingerprint density at radius 2 is 2.09 bits per heavy atom. The molecule has 1 saturated heterocycles. The zero-order chi connectivity index (χ0) is 15.8. The van der Waals surface area contributed by atoms with Crippen LogP contribution in [0.3, 0.4) is 0 Å². The van der Waals surface area contributed by atoms with Gasteiger partial charge >= 0.3 is 6.03 Å². The fourth-order valence-electron chi connectivity index (χ4n) is 2.86. The fraction of sp³-hybridized carbons (Fsp3) is 0.176. The van der Waals surface area contributed by atoms with Crippen LogP contribution in [0.2, 0.25) is 0 Å². The summed E-state index contributed by atoms with van der Waals surface area (Å²) in [5.74, 6) is -0.0512. The summed E-state index contributed by atoms with van der Waals surface area (Å²) in [4.78, 5) is 20.9. The van der Waals surface area contributed by atoms with Crippen molar-refractivity contribution in [3.63, 3.8) is 0 Å². The maximum Gasteiger partial charge on any atom is 0.321 e. The van der Waals surface area contributed by atoms with Gasteiger partial charge in [-0.3, -0.25) is 0 Å². The zero-order valence-corrected chi connectivity index (χ0v) is 12.3. The third-order valence-corrected chi connectivity index (χ3v) is 4.18. The second-order valence-corrected chi connectivity index (χ2v) is 5.69. The van der Waals surface area contributed by atoms with Crippen LogP contribution in [0.25, 0.3) is 11.0 Å². The highest BCUT2D eigenvalue weighted by Gasteiger charge is 2.31. The number of likely N-dealkylation sites (tertiary alicyclic amines) is 1. The van der Waals surface area contributed by atoms with Crippen molar-refractivity contribution >= 4 is 22.8 Å². The summed E-state index contributed by atoms with van der Waals surface area (Å²) < 4.78 is 13.3. The summed E-state index contributed by atoms with van der Waals surface area (Å²) in [6.07, 6.45) is 2.77. The number of hydrogen-bond acceptors (Lipinski definition) is 2. The molecule has 0 bridgehead atoms. The molecular formula is C17H15FN4O. The molecule has 1 aliphatic heterocycles. The van der Waals surface area contributed by atoms with E-state index in [1.54, 1.807) is 11.1 Å². The van der Waals surface area contributed by atoms with Crippen molar-refractivity contribution in [3.8, 4) is 0 Å². The third-order valence-electron chi connectivity index (χ3n) is 4.18. The number of hydrogen-bond donors (Lipinski definition) is 2. The van der Waals surface area contributed by atoms with Gasteiger partial charge in [0.25, 0.3) is 0 Å². The van der Waals surface area contributed by atoms with Crippen LogP contribution in [0.5, 0.6) is 0 Å². The van der Waals surface area contributed by atoms with E-state index >= 15 is 0 Å². The molecule has 5 nitrogen and oxygen atoms in total. The molecule has 0 atom stereocenters. The Labute approximate surface area is 132 Å². The molecule has 0 spiro atoms. The van der Waals surface area contributed by atoms with Gasteiger partial charge in [-0.1, -0.05) is 30.3 Å². The maximum absolute atomic E-state index is 13.3. The zero-order valence-electron chi connectivity index (χ0n) is 12.3. The number of nitrogens with zero attached hydrogens (tertiary/aromatic N) is 2. The number of benzene rings is 1. The number of aromatic nitrogens is 2. The first-order valence-corrected chi connectivity index (χ1v) is 7.44. The number of halogens is 1. The molecule has 2 N–H and O–H groups in total. The highest BCUT2D eigenvalue weighted by Crippen LogP contribution is 2.28. The number of anilines is 1. The number of carbonyl (C=O) groups is 1. The van der Waals surface area contributed by atoms with Gasteiger partial charge in [-0.25, -0.2) is 14.2 Å². The summed E-state index contributed by atoms with van der Waals surface area (Å²) in [6.45, 7) is 1.37. The minimum Gasteiger partial charge on any atom is -0.344 e. The Hall–Kier alpha value is -2.89. The molecule has 2 aromatic heterocycles. The highest BCUT2D eigenvalue weighted by atomic mass is 19.1. The van der Waals surface area contributed by atoms with Crippen molar-refractivity contribution in [2.45, 2.75) is 5.92 Å². The number of urea groups is 1. The lowest BCUT2D eigenvalue weighted by molar-refractivity contribution is 0.164. The van der Waals surface area contributed by atoms with Crippen molar-refractivity contribution < 1.29 is 9.18 Å². The molecule has 3 heterocycles. The summed E-state index contributed by atoms with van der Waals surface area (Å²) in [5, 5.41) is 3.38. The van der Waals surface area contributed by atoms with Gasteiger partial charge in [-0.05, 0) is 11.6 Å². The first-order valence-electron chi connectivity index (χ1n) is 7.44. The number of nitrogens with one attached hydrogen (secondary N) is 2. The van der Waals surface area contributed by atoms with Gasteiger partial charge < -0.3 is 15.2 Å². The SMILES string of the molecule is O=C(Nc1c[nH]c2ncc(F)cc12)N1CC(c2ccccc2)C1. The lowest BCUT2D eigenvalue weighted by Crippen LogP contribution is -2.50. The highest BCUT2D eigenvalue weighted by molar-refractivity contribution is 6.00. The standard InChI is InChI=1S/C17H15FN4O/c18-13-6-14-15(8-20-16(14)19-7-13)21-17(23)22-9-12(10-22)11-4-2-1-3-5-11/h1-8,12H,9-10H2,(H,19,20)(H,21,23). The van der Waals surface area contributed by atoms with Gasteiger partial charge in [-0.15, -0.1) is 0 Å². The van der Waals surface area contributed by atoms with Crippen LogP contribution in [-0.2, 0) is 0 Å². The fourth-order valence-corrected chi connectivity index (χ4v) is 2.86. The Bertz CT molecular complexity index is 855. The number of pyridine rings is 1. The van der Waals surface area contributed by atoms with Crippen molar-refractivity contribution in [1.29, 1.82) is 0 Å². The molecule has 0 unspecified atom stereocenters. The number of H-pyrrole nitrogens is 1. The van der Waals surface area contributed by atoms with E-state index in [0.29, 0.717) is 35.7 Å². The molecule has 0 saturated carbocycles. The van der Waals surface area contributed by atoms with Gasteiger partial charge in [-0.2, -0.15) is 0 Å². The summed E-state index contributed by atoms with van der Waals surface area (Å²) >= 11 is 0. The van der Waals surface area contributed by atoms with Gasteiger partial charge in [0.05, 0.1) is 11.9 Å². The molecule has 2 amide bonds. The molecule has 4 rings (SSSR count). The molecule has 1 fully saturated rings. The molecule has 116 valence electrons. The third kappa shape index (κ3) is 2.52. The van der Waals surface area contributed by atoms with E-state index in [4.69, 9.17) is 0 Å². The van der Waals surface area contributed by atoms with Crippen molar-refractivity contribution in [1.82, 2.24) is 14.9 Å². The molecular weight excluding hydrogens is 295 g/mol. The van der Waals surface area contributed by atoms with Crippen LogP contribution in [-0.4, -0.2) is 34.0 Å². The van der Waals surface area contributed by atoms with Crippen LogP contribution in [0.1, 0.15) is 11.5 Å². The van der Waals surface area contributed by atoms with Crippen LogP contribution in [0.15, 0.2) is 48.8 Å². The number of aromatic amines is 1. The monoisotopic (exact) mass is 310 g/mol. The van der Waals surface area contributed by atoms with Gasteiger partial charge in [0, 0.05) is 30.6 Å². The molecule has 6 heteroatoms. The van der Waals surface area contributed by atoms with Crippen molar-refractivity contribution in [2.75, 3.05) is 18.4 Å². The molecule has 1 aromatic carbocycles. The van der Waals surface area contributed by atoms with Crippen LogP contribution < -0.4 is 5.32 Å². The summed E-state index contributed by atoms with van der Waals surface area (Å²) in [7, 11) is 0. The minimum atomic E-state index is -0.430. The number of fused-ring (bicyclic) bond motifs is 1. The lowest BCUT2D eigenvalue weighted by atomic mass is 9.92. The average Bonchev–Trinajstić information content (AvgIpc) is 2.89. The number of rotatable bonds is 2. The second-order valence-electron chi connectivity index (χ2n) is 5.69. The van der Waals surface area contributed by atoms with Gasteiger partial charge in [0.1, 0.15) is 11.5 Å². The van der Waals surface area contributed by atoms with E-state index in [1.165, 1.54) is 11.6 Å². The van der Waals surface area contributed by atoms with E-state index in [9.17, 15) is 9.18 Å². The van der Waals surface area contributed by atoms with E-state index in [0.717, 1.165) is 6.20 Å². The molecule has 0 radical (unpaired) electrons. The van der Waals surface area contributed by atoms with Crippen molar-refractivity contribution in [3.05, 3.63) is 60.2 Å². The Morgan fingerprint density at radius 1 is 1.30 bits per heavy atom. The molecule has 23 heavy (non-hydrogen) atoms. The van der Waals surface area contributed by atoms with E-state index < -0.39 is 5.82 Å². The van der Waals surface area contributed by atoms with Gasteiger partial charge in [0.2, 0.25) is 0 Å². The van der Waals surface area contributed by atoms with Crippen LogP contribution in [0, 0.1) is 5.82 Å². The summed E-state index contributed by atoms with van der Waals surface area (Å²) in [6, 6.07) is 11.3. The molecule has 0 aliphatic carbocycles. The van der Waals surface area contributed by atoms with Crippen LogP contribution in [0.4, 0.5) is 14.9 Å². The van der Waals surface area contributed by atoms with E-state index in [-0.39, 0.29) is 6.03 Å². The van der Waals surface area contributed by atoms with Gasteiger partial charge in [0.15, 0.2) is 0 Å². The average molecular weight is 310 g/mol.